The van der Waals surface area contributed by atoms with Gasteiger partial charge >= 0.3 is 6.03 Å². The highest BCUT2D eigenvalue weighted by Crippen LogP contribution is 2.30. The molecule has 0 atom stereocenters. The maximum Gasteiger partial charge on any atom is 0.324 e. The third-order valence-corrected chi connectivity index (χ3v) is 6.61. The number of fused-ring (bicyclic) bond motifs is 1. The van der Waals surface area contributed by atoms with Crippen molar-refractivity contribution in [1.29, 1.82) is 0 Å². The topological polar surface area (TPSA) is 125 Å². The number of benzene rings is 2. The zero-order chi connectivity index (χ0) is 30.1. The minimum atomic E-state index is -0.660. The zero-order valence-electron chi connectivity index (χ0n) is 23.9. The van der Waals surface area contributed by atoms with E-state index in [-0.39, 0.29) is 16.9 Å². The number of aromatic nitrogens is 7. The van der Waals surface area contributed by atoms with E-state index >= 15 is 4.39 Å². The zero-order valence-corrected chi connectivity index (χ0v) is 23.9. The quantitative estimate of drug-likeness (QED) is 0.232. The van der Waals surface area contributed by atoms with Crippen molar-refractivity contribution in [2.24, 2.45) is 7.05 Å². The Bertz CT molecular complexity index is 1960. The molecule has 0 fully saturated rings. The average molecular weight is 578 g/mol. The van der Waals surface area contributed by atoms with Gasteiger partial charge in [0.25, 0.3) is 0 Å². The van der Waals surface area contributed by atoms with E-state index in [2.05, 4.69) is 30.7 Å². The number of nitrogens with one attached hydrogen (secondary N) is 2. The average Bonchev–Trinajstić information content (AvgIpc) is 3.61. The summed E-state index contributed by atoms with van der Waals surface area (Å²) >= 11 is 0. The molecule has 43 heavy (non-hydrogen) atoms. The molecule has 2 aromatic carbocycles. The normalized spacial score (nSPS) is 11.5. The predicted octanol–water partition coefficient (Wildman–Crippen LogP) is 6.48. The summed E-state index contributed by atoms with van der Waals surface area (Å²) in [6.07, 6.45) is 8.34. The Balaban J connectivity index is 1.19. The Morgan fingerprint density at radius 3 is 2.56 bits per heavy atom. The second-order valence-corrected chi connectivity index (χ2v) is 10.9. The van der Waals surface area contributed by atoms with E-state index in [0.29, 0.717) is 22.9 Å². The molecule has 11 nitrogen and oxygen atoms in total. The fourth-order valence-electron chi connectivity index (χ4n) is 4.39. The van der Waals surface area contributed by atoms with Crippen LogP contribution in [0.4, 0.5) is 20.7 Å². The number of pyridine rings is 1. The van der Waals surface area contributed by atoms with E-state index < -0.39 is 11.8 Å². The highest BCUT2D eigenvalue weighted by molar-refractivity contribution is 5.99. The molecule has 0 aliphatic carbocycles. The second kappa shape index (κ2) is 11.0. The van der Waals surface area contributed by atoms with Crippen molar-refractivity contribution in [3.05, 3.63) is 97.2 Å². The number of halogens is 1. The lowest BCUT2D eigenvalue weighted by Gasteiger charge is -2.14. The van der Waals surface area contributed by atoms with Crippen molar-refractivity contribution in [1.82, 2.24) is 34.5 Å². The lowest BCUT2D eigenvalue weighted by molar-refractivity contribution is 0.262. The van der Waals surface area contributed by atoms with Gasteiger partial charge in [-0.15, -0.1) is 0 Å². The predicted molar refractivity (Wildman–Crippen MR) is 161 cm³/mol. The van der Waals surface area contributed by atoms with E-state index in [1.54, 1.807) is 52.2 Å². The van der Waals surface area contributed by atoms with Crippen molar-refractivity contribution in [2.45, 2.75) is 26.2 Å². The number of urea groups is 1. The molecule has 0 spiro atoms. The van der Waals surface area contributed by atoms with Gasteiger partial charge in [0.05, 0.1) is 34.5 Å². The molecule has 0 aliphatic rings. The molecule has 0 radical (unpaired) electrons. The first kappa shape index (κ1) is 27.5. The van der Waals surface area contributed by atoms with Gasteiger partial charge in [0.1, 0.15) is 29.5 Å². The highest BCUT2D eigenvalue weighted by atomic mass is 19.1. The van der Waals surface area contributed by atoms with Crippen LogP contribution >= 0.6 is 0 Å². The van der Waals surface area contributed by atoms with Gasteiger partial charge in [-0.2, -0.15) is 10.2 Å². The van der Waals surface area contributed by atoms with Gasteiger partial charge in [-0.05, 0) is 36.4 Å². The van der Waals surface area contributed by atoms with E-state index in [1.165, 1.54) is 18.5 Å². The lowest BCUT2D eigenvalue weighted by Crippen LogP contribution is -2.22. The number of rotatable bonds is 6. The molecule has 4 aromatic heterocycles. The minimum absolute atomic E-state index is 0.0133. The molecule has 0 saturated heterocycles. The Hall–Kier alpha value is -5.65. The summed E-state index contributed by atoms with van der Waals surface area (Å²) in [5.41, 5.74) is 3.47. The van der Waals surface area contributed by atoms with Gasteiger partial charge in [0.15, 0.2) is 0 Å². The second-order valence-electron chi connectivity index (χ2n) is 10.9. The van der Waals surface area contributed by atoms with Crippen molar-refractivity contribution < 1.29 is 13.9 Å². The van der Waals surface area contributed by atoms with E-state index in [4.69, 9.17) is 9.84 Å². The Morgan fingerprint density at radius 1 is 0.953 bits per heavy atom. The molecular formula is C31H28FN9O2. The first-order valence-corrected chi connectivity index (χ1v) is 13.4. The highest BCUT2D eigenvalue weighted by Gasteiger charge is 2.22. The number of carbonyl (C=O) groups excluding carboxylic acids is 1. The first-order chi connectivity index (χ1) is 20.6. The van der Waals surface area contributed by atoms with E-state index in [1.807, 2.05) is 52.2 Å². The number of hydrogen-bond acceptors (Lipinski definition) is 7. The van der Waals surface area contributed by atoms with Crippen LogP contribution in [0.5, 0.6) is 11.5 Å². The number of amides is 2. The molecule has 0 saturated carbocycles. The van der Waals surface area contributed by atoms with Crippen LogP contribution in [0, 0.1) is 5.82 Å². The fraction of sp³-hybridized carbons (Fsp3) is 0.161. The molecule has 0 bridgehead atoms. The number of carbonyl (C=O) groups is 1. The van der Waals surface area contributed by atoms with E-state index in [0.717, 1.165) is 22.2 Å². The largest absolute Gasteiger partial charge is 0.457 e. The number of nitrogens with zero attached hydrogens (tertiary/aromatic N) is 7. The van der Waals surface area contributed by atoms with Crippen LogP contribution in [0.15, 0.2) is 85.7 Å². The summed E-state index contributed by atoms with van der Waals surface area (Å²) in [5, 5.41) is 15.1. The van der Waals surface area contributed by atoms with Crippen LogP contribution < -0.4 is 15.4 Å². The standard InChI is InChI=1S/C31H28FN9O2/c1-31(2,3)28-14-29(41(39-28)21-5-7-25-19(11-21)15-33-18-35-25)38-30(42)37-26-8-6-22(12-24(26)32)43-23-9-10-34-27(13-23)20-16-36-40(4)17-20/h5-18H,1-4H3,(H2,37,38,42). The summed E-state index contributed by atoms with van der Waals surface area (Å²) in [7, 11) is 1.82. The van der Waals surface area contributed by atoms with Crippen molar-refractivity contribution in [2.75, 3.05) is 10.6 Å². The molecule has 216 valence electrons. The summed E-state index contributed by atoms with van der Waals surface area (Å²) in [6.45, 7) is 6.09. The Kier molecular flexibility index (Phi) is 7.02. The maximum atomic E-state index is 15.1. The molecule has 4 heterocycles. The monoisotopic (exact) mass is 577 g/mol. The van der Waals surface area contributed by atoms with E-state index in [9.17, 15) is 4.79 Å². The molecule has 2 N–H and O–H groups in total. The SMILES string of the molecule is Cn1cc(-c2cc(Oc3ccc(NC(=O)Nc4cc(C(C)(C)C)nn4-c4ccc5ncncc5c4)c(F)c3)ccn2)cn1. The van der Waals surface area contributed by atoms with Crippen LogP contribution in [0.2, 0.25) is 0 Å². The van der Waals surface area contributed by atoms with Gasteiger partial charge in [0.2, 0.25) is 0 Å². The van der Waals surface area contributed by atoms with Gasteiger partial charge < -0.3 is 10.1 Å². The molecule has 12 heteroatoms. The van der Waals surface area contributed by atoms with Crippen molar-refractivity contribution in [3.63, 3.8) is 0 Å². The lowest BCUT2D eigenvalue weighted by atomic mass is 9.92. The smallest absolute Gasteiger partial charge is 0.324 e. The fourth-order valence-corrected chi connectivity index (χ4v) is 4.39. The summed E-state index contributed by atoms with van der Waals surface area (Å²) in [6, 6.07) is 14.4. The summed E-state index contributed by atoms with van der Waals surface area (Å²) in [4.78, 5) is 25.7. The van der Waals surface area contributed by atoms with Crippen molar-refractivity contribution in [3.8, 4) is 28.4 Å². The maximum absolute atomic E-state index is 15.1. The molecule has 2 amide bonds. The number of anilines is 2. The van der Waals surface area contributed by atoms with Crippen LogP contribution in [-0.2, 0) is 12.5 Å². The molecule has 6 rings (SSSR count). The third-order valence-electron chi connectivity index (χ3n) is 6.61. The van der Waals surface area contributed by atoms with Crippen LogP contribution in [-0.4, -0.2) is 40.5 Å². The molecular weight excluding hydrogens is 549 g/mol. The summed E-state index contributed by atoms with van der Waals surface area (Å²) in [5.74, 6) is 0.503. The molecule has 0 aliphatic heterocycles. The number of ether oxygens (including phenoxy) is 1. The minimum Gasteiger partial charge on any atom is -0.457 e. The first-order valence-electron chi connectivity index (χ1n) is 13.4. The van der Waals surface area contributed by atoms with Gasteiger partial charge in [-0.3, -0.25) is 15.0 Å². The summed E-state index contributed by atoms with van der Waals surface area (Å²) < 4.78 is 24.2. The van der Waals surface area contributed by atoms with Gasteiger partial charge in [0, 0.05) is 60.2 Å². The molecule has 0 unspecified atom stereocenters. The Morgan fingerprint density at radius 2 is 1.79 bits per heavy atom. The number of aryl methyl sites for hydroxylation is 1. The van der Waals surface area contributed by atoms with Gasteiger partial charge in [-0.25, -0.2) is 23.8 Å². The van der Waals surface area contributed by atoms with Crippen molar-refractivity contribution >= 4 is 28.4 Å². The number of hydrogen-bond donors (Lipinski definition) is 2. The molecule has 6 aromatic rings. The third kappa shape index (κ3) is 6.03. The van der Waals surface area contributed by atoms with Crippen LogP contribution in [0.3, 0.4) is 0 Å². The Labute approximate surface area is 246 Å². The van der Waals surface area contributed by atoms with Crippen LogP contribution in [0.1, 0.15) is 26.5 Å². The van der Waals surface area contributed by atoms with Gasteiger partial charge in [-0.1, -0.05) is 20.8 Å². The van der Waals surface area contributed by atoms with Crippen LogP contribution in [0.25, 0.3) is 27.8 Å².